The van der Waals surface area contributed by atoms with E-state index in [0.29, 0.717) is 30.0 Å². The first-order valence-corrected chi connectivity index (χ1v) is 12.1. The number of anilines is 2. The number of aryl methyl sites for hydroxylation is 1. The summed E-state index contributed by atoms with van der Waals surface area (Å²) in [4.78, 5) is 29.9. The monoisotopic (exact) mass is 505 g/mol. The number of amides is 1. The summed E-state index contributed by atoms with van der Waals surface area (Å²) in [6.45, 7) is 5.78. The minimum atomic E-state index is -0.454. The fraction of sp³-hybridized carbons (Fsp3) is 0.400. The van der Waals surface area contributed by atoms with Gasteiger partial charge in [-0.05, 0) is 36.5 Å². The van der Waals surface area contributed by atoms with Crippen molar-refractivity contribution >= 4 is 17.5 Å². The summed E-state index contributed by atoms with van der Waals surface area (Å²) >= 11 is 0. The fourth-order valence-electron chi connectivity index (χ4n) is 4.29. The Labute approximate surface area is 212 Å². The van der Waals surface area contributed by atoms with Crippen molar-refractivity contribution in [1.82, 2.24) is 40.2 Å². The molecule has 37 heavy (non-hydrogen) atoms. The van der Waals surface area contributed by atoms with Gasteiger partial charge in [0, 0.05) is 18.7 Å². The molecule has 3 heterocycles. The van der Waals surface area contributed by atoms with Crippen molar-refractivity contribution in [3.63, 3.8) is 0 Å². The van der Waals surface area contributed by atoms with Gasteiger partial charge in [-0.3, -0.25) is 9.48 Å². The number of nitrogens with zero attached hydrogens (tertiary/aromatic N) is 7. The zero-order valence-corrected chi connectivity index (χ0v) is 21.1. The number of halogens is 1. The standard InChI is InChI=1S/C25H28FN9O2/c1-25(2,3)23-32-21(34-37-23)22(36)31-18-8-6-5-7-16-15(18)9-10-17(19(16)26)20-27-13-28-24(33-20)30-14-11-29-35(4)12-14/h9-13,18H,5-8H2,1-4H3,(H,31,36)(H,27,28,30,33). The van der Waals surface area contributed by atoms with E-state index < -0.39 is 11.7 Å². The van der Waals surface area contributed by atoms with Gasteiger partial charge in [0.05, 0.1) is 23.5 Å². The van der Waals surface area contributed by atoms with Crippen molar-refractivity contribution in [3.8, 4) is 11.4 Å². The second-order valence-electron chi connectivity index (χ2n) is 10.1. The number of hydrogen-bond donors (Lipinski definition) is 2. The highest BCUT2D eigenvalue weighted by Gasteiger charge is 2.28. The molecule has 0 saturated heterocycles. The molecule has 5 rings (SSSR count). The molecule has 0 spiro atoms. The molecule has 11 nitrogen and oxygen atoms in total. The number of rotatable bonds is 5. The van der Waals surface area contributed by atoms with Crippen LogP contribution in [0.3, 0.4) is 0 Å². The number of benzene rings is 1. The van der Waals surface area contributed by atoms with E-state index >= 15 is 4.39 Å². The molecule has 1 unspecified atom stereocenters. The van der Waals surface area contributed by atoms with E-state index in [4.69, 9.17) is 4.52 Å². The summed E-state index contributed by atoms with van der Waals surface area (Å²) in [6.07, 6.45) is 7.60. The molecule has 4 aromatic rings. The predicted molar refractivity (Wildman–Crippen MR) is 132 cm³/mol. The van der Waals surface area contributed by atoms with E-state index in [9.17, 15) is 4.79 Å². The maximum Gasteiger partial charge on any atom is 0.293 e. The van der Waals surface area contributed by atoms with E-state index in [1.165, 1.54) is 6.33 Å². The first-order valence-electron chi connectivity index (χ1n) is 12.1. The zero-order chi connectivity index (χ0) is 26.2. The molecular formula is C25H28FN9O2. The van der Waals surface area contributed by atoms with E-state index in [2.05, 4.69) is 40.8 Å². The lowest BCUT2D eigenvalue weighted by molar-refractivity contribution is 0.0921. The summed E-state index contributed by atoms with van der Waals surface area (Å²) in [5.74, 6) is -0.00633. The molecule has 0 radical (unpaired) electrons. The van der Waals surface area contributed by atoms with Crippen LogP contribution >= 0.6 is 0 Å². The quantitative estimate of drug-likeness (QED) is 0.385. The van der Waals surface area contributed by atoms with Gasteiger partial charge in [-0.2, -0.15) is 15.1 Å². The van der Waals surface area contributed by atoms with Crippen molar-refractivity contribution in [2.45, 2.75) is 57.9 Å². The van der Waals surface area contributed by atoms with Gasteiger partial charge in [0.1, 0.15) is 12.1 Å². The largest absolute Gasteiger partial charge is 0.342 e. The molecule has 1 atom stereocenters. The van der Waals surface area contributed by atoms with Crippen molar-refractivity contribution in [1.29, 1.82) is 0 Å². The molecule has 1 amide bonds. The Hall–Kier alpha value is -4.22. The van der Waals surface area contributed by atoms with Crippen LogP contribution in [-0.2, 0) is 18.9 Å². The number of carbonyl (C=O) groups is 1. The lowest BCUT2D eigenvalue weighted by Crippen LogP contribution is -2.30. The van der Waals surface area contributed by atoms with Gasteiger partial charge in [0.2, 0.25) is 11.8 Å². The maximum atomic E-state index is 15.9. The number of fused-ring (bicyclic) bond motifs is 1. The Balaban J connectivity index is 1.41. The number of carbonyl (C=O) groups excluding carboxylic acids is 1. The van der Waals surface area contributed by atoms with Crippen molar-refractivity contribution in [2.75, 3.05) is 5.32 Å². The lowest BCUT2D eigenvalue weighted by Gasteiger charge is -2.20. The third-order valence-electron chi connectivity index (χ3n) is 6.17. The zero-order valence-electron chi connectivity index (χ0n) is 21.1. The van der Waals surface area contributed by atoms with Crippen molar-refractivity contribution in [3.05, 3.63) is 59.5 Å². The van der Waals surface area contributed by atoms with Crippen LogP contribution < -0.4 is 10.6 Å². The molecule has 1 aromatic carbocycles. The molecule has 192 valence electrons. The average molecular weight is 506 g/mol. The second kappa shape index (κ2) is 9.68. The topological polar surface area (TPSA) is 137 Å². The van der Waals surface area contributed by atoms with Crippen LogP contribution in [0.25, 0.3) is 11.4 Å². The number of aromatic nitrogens is 7. The highest BCUT2D eigenvalue weighted by atomic mass is 19.1. The smallest absolute Gasteiger partial charge is 0.293 e. The first-order chi connectivity index (χ1) is 17.7. The van der Waals surface area contributed by atoms with Crippen LogP contribution in [0.15, 0.2) is 35.4 Å². The molecule has 2 N–H and O–H groups in total. The molecule has 12 heteroatoms. The molecule has 0 fully saturated rings. The van der Waals surface area contributed by atoms with Crippen LogP contribution in [0.2, 0.25) is 0 Å². The minimum absolute atomic E-state index is 0.0355. The Morgan fingerprint density at radius 3 is 2.76 bits per heavy atom. The minimum Gasteiger partial charge on any atom is -0.342 e. The normalized spacial score (nSPS) is 15.6. The first kappa shape index (κ1) is 24.5. The summed E-state index contributed by atoms with van der Waals surface area (Å²) < 4.78 is 22.8. The van der Waals surface area contributed by atoms with Gasteiger partial charge in [-0.25, -0.2) is 14.4 Å². The molecule has 0 aliphatic heterocycles. The van der Waals surface area contributed by atoms with E-state index in [1.807, 2.05) is 26.8 Å². The van der Waals surface area contributed by atoms with Crippen LogP contribution in [0.5, 0.6) is 0 Å². The van der Waals surface area contributed by atoms with Crippen molar-refractivity contribution in [2.24, 2.45) is 7.05 Å². The van der Waals surface area contributed by atoms with E-state index in [1.54, 1.807) is 30.2 Å². The molecule has 3 aromatic heterocycles. The Bertz CT molecular complexity index is 1440. The Morgan fingerprint density at radius 2 is 2.03 bits per heavy atom. The highest BCUT2D eigenvalue weighted by molar-refractivity contribution is 5.90. The molecule has 1 aliphatic rings. The SMILES string of the molecule is Cn1cc(Nc2ncnc(-c3ccc4c(c3F)CCCCC4NC(=O)c3noc(C(C)(C)C)n3)n2)cn1. The van der Waals surface area contributed by atoms with E-state index in [0.717, 1.165) is 18.4 Å². The number of hydrogen-bond acceptors (Lipinski definition) is 9. The van der Waals surface area contributed by atoms with Gasteiger partial charge in [-0.15, -0.1) is 0 Å². The van der Waals surface area contributed by atoms with E-state index in [-0.39, 0.29) is 34.6 Å². The van der Waals surface area contributed by atoms with Gasteiger partial charge in [-0.1, -0.05) is 38.4 Å². The van der Waals surface area contributed by atoms with Crippen LogP contribution in [-0.4, -0.2) is 40.8 Å². The Kier molecular flexibility index (Phi) is 6.40. The summed E-state index contributed by atoms with van der Waals surface area (Å²) in [7, 11) is 1.80. The lowest BCUT2D eigenvalue weighted by atomic mass is 9.95. The molecule has 0 saturated carbocycles. The van der Waals surface area contributed by atoms with Crippen LogP contribution in [0, 0.1) is 5.82 Å². The summed E-state index contributed by atoms with van der Waals surface area (Å²) in [5.41, 5.74) is 1.88. The van der Waals surface area contributed by atoms with Gasteiger partial charge in [0.25, 0.3) is 11.7 Å². The third-order valence-corrected chi connectivity index (χ3v) is 6.17. The van der Waals surface area contributed by atoms with Crippen LogP contribution in [0.1, 0.15) is 73.7 Å². The molecule has 1 aliphatic carbocycles. The van der Waals surface area contributed by atoms with Gasteiger partial charge >= 0.3 is 0 Å². The molecular weight excluding hydrogens is 477 g/mol. The maximum absolute atomic E-state index is 15.9. The predicted octanol–water partition coefficient (Wildman–Crippen LogP) is 4.03. The summed E-state index contributed by atoms with van der Waals surface area (Å²) in [6, 6.07) is 3.10. The van der Waals surface area contributed by atoms with Crippen molar-refractivity contribution < 1.29 is 13.7 Å². The van der Waals surface area contributed by atoms with Gasteiger partial charge in [0.15, 0.2) is 5.82 Å². The average Bonchev–Trinajstić information content (AvgIpc) is 3.46. The molecule has 0 bridgehead atoms. The number of nitrogens with one attached hydrogen (secondary N) is 2. The van der Waals surface area contributed by atoms with Gasteiger partial charge < -0.3 is 15.2 Å². The third kappa shape index (κ3) is 5.18. The fourth-order valence-corrected chi connectivity index (χ4v) is 4.29. The Morgan fingerprint density at radius 1 is 1.19 bits per heavy atom. The van der Waals surface area contributed by atoms with Crippen LogP contribution in [0.4, 0.5) is 16.0 Å². The second-order valence-corrected chi connectivity index (χ2v) is 10.1. The summed E-state index contributed by atoms with van der Waals surface area (Å²) in [5, 5.41) is 14.0. The highest BCUT2D eigenvalue weighted by Crippen LogP contribution is 2.34.